The molecule has 1 rings (SSSR count). The number of hydrogen-bond acceptors (Lipinski definition) is 2. The van der Waals surface area contributed by atoms with Crippen molar-refractivity contribution >= 4 is 27.7 Å². The van der Waals surface area contributed by atoms with Crippen LogP contribution in [0.15, 0.2) is 46.3 Å². The standard InChI is InChI=1S/C15H21BrOS/c1-2-3-4-5-6-7-14(17)12-18-15-10-8-13(16)9-11-15/h2,8-11,14,17H,1,3-7,12H2. The van der Waals surface area contributed by atoms with Crippen LogP contribution >= 0.6 is 27.7 Å². The van der Waals surface area contributed by atoms with Gasteiger partial charge < -0.3 is 5.11 Å². The topological polar surface area (TPSA) is 20.2 Å². The predicted octanol–water partition coefficient (Wildman–Crippen LogP) is 5.04. The Balaban J connectivity index is 2.11. The number of thioether (sulfide) groups is 1. The van der Waals surface area contributed by atoms with Gasteiger partial charge in [-0.2, -0.15) is 0 Å². The Hall–Kier alpha value is -0.250. The van der Waals surface area contributed by atoms with E-state index in [-0.39, 0.29) is 6.10 Å². The smallest absolute Gasteiger partial charge is 0.0634 e. The molecule has 0 aromatic heterocycles. The predicted molar refractivity (Wildman–Crippen MR) is 84.2 cm³/mol. The normalized spacial score (nSPS) is 12.3. The molecule has 0 bridgehead atoms. The molecule has 1 atom stereocenters. The van der Waals surface area contributed by atoms with E-state index < -0.39 is 0 Å². The van der Waals surface area contributed by atoms with Gasteiger partial charge in [-0.25, -0.2) is 0 Å². The molecule has 1 N–H and O–H groups in total. The highest BCUT2D eigenvalue weighted by Crippen LogP contribution is 2.22. The van der Waals surface area contributed by atoms with E-state index in [1.807, 2.05) is 18.2 Å². The summed E-state index contributed by atoms with van der Waals surface area (Å²) in [5.41, 5.74) is 0. The van der Waals surface area contributed by atoms with Crippen LogP contribution in [0.4, 0.5) is 0 Å². The van der Waals surface area contributed by atoms with E-state index in [2.05, 4.69) is 34.6 Å². The fourth-order valence-corrected chi connectivity index (χ4v) is 2.80. The summed E-state index contributed by atoms with van der Waals surface area (Å²) in [7, 11) is 0. The summed E-state index contributed by atoms with van der Waals surface area (Å²) >= 11 is 5.13. The zero-order chi connectivity index (χ0) is 13.2. The molecule has 0 aliphatic carbocycles. The zero-order valence-electron chi connectivity index (χ0n) is 10.6. The molecule has 0 saturated carbocycles. The third-order valence-electron chi connectivity index (χ3n) is 2.70. The van der Waals surface area contributed by atoms with Crippen LogP contribution in [0.1, 0.15) is 32.1 Å². The number of benzene rings is 1. The maximum absolute atomic E-state index is 9.87. The van der Waals surface area contributed by atoms with Crippen LogP contribution in [0.3, 0.4) is 0 Å². The molecule has 1 aromatic carbocycles. The van der Waals surface area contributed by atoms with Crippen LogP contribution in [-0.2, 0) is 0 Å². The number of unbranched alkanes of at least 4 members (excludes halogenated alkanes) is 3. The average molecular weight is 329 g/mol. The van der Waals surface area contributed by atoms with E-state index in [0.717, 1.165) is 29.5 Å². The molecule has 0 aliphatic rings. The van der Waals surface area contributed by atoms with Crippen molar-refractivity contribution in [2.45, 2.75) is 43.1 Å². The molecular weight excluding hydrogens is 308 g/mol. The number of halogens is 1. The Kier molecular flexibility index (Phi) is 8.47. The minimum atomic E-state index is -0.192. The molecule has 0 saturated heterocycles. The van der Waals surface area contributed by atoms with Gasteiger partial charge in [-0.3, -0.25) is 0 Å². The first-order chi connectivity index (χ1) is 8.72. The molecular formula is C15H21BrOS. The molecule has 100 valence electrons. The lowest BCUT2D eigenvalue weighted by molar-refractivity contribution is 0.185. The lowest BCUT2D eigenvalue weighted by Gasteiger charge is -2.10. The molecule has 18 heavy (non-hydrogen) atoms. The van der Waals surface area contributed by atoms with Crippen molar-refractivity contribution in [2.24, 2.45) is 0 Å². The number of allylic oxidation sites excluding steroid dienone is 1. The van der Waals surface area contributed by atoms with Crippen molar-refractivity contribution in [3.8, 4) is 0 Å². The van der Waals surface area contributed by atoms with Gasteiger partial charge >= 0.3 is 0 Å². The second-order valence-electron chi connectivity index (χ2n) is 4.35. The minimum absolute atomic E-state index is 0.192. The Bertz CT molecular complexity index is 337. The molecule has 0 aliphatic heterocycles. The van der Waals surface area contributed by atoms with E-state index in [4.69, 9.17) is 0 Å². The molecule has 1 aromatic rings. The van der Waals surface area contributed by atoms with Gasteiger partial charge in [0.25, 0.3) is 0 Å². The van der Waals surface area contributed by atoms with E-state index in [0.29, 0.717) is 0 Å². The molecule has 1 unspecified atom stereocenters. The van der Waals surface area contributed by atoms with Crippen LogP contribution in [0.5, 0.6) is 0 Å². The van der Waals surface area contributed by atoms with Gasteiger partial charge in [0.1, 0.15) is 0 Å². The van der Waals surface area contributed by atoms with Crippen LogP contribution in [0, 0.1) is 0 Å². The zero-order valence-corrected chi connectivity index (χ0v) is 13.0. The lowest BCUT2D eigenvalue weighted by atomic mass is 10.1. The summed E-state index contributed by atoms with van der Waals surface area (Å²) in [4.78, 5) is 1.21. The van der Waals surface area contributed by atoms with Crippen molar-refractivity contribution in [1.82, 2.24) is 0 Å². The van der Waals surface area contributed by atoms with E-state index in [1.54, 1.807) is 11.8 Å². The molecule has 3 heteroatoms. The Morgan fingerprint density at radius 2 is 1.94 bits per heavy atom. The molecule has 0 spiro atoms. The van der Waals surface area contributed by atoms with E-state index in [1.165, 1.54) is 17.7 Å². The number of rotatable bonds is 9. The first-order valence-electron chi connectivity index (χ1n) is 6.39. The monoisotopic (exact) mass is 328 g/mol. The molecule has 0 radical (unpaired) electrons. The first-order valence-corrected chi connectivity index (χ1v) is 8.17. The number of hydrogen-bond donors (Lipinski definition) is 1. The van der Waals surface area contributed by atoms with Crippen LogP contribution < -0.4 is 0 Å². The van der Waals surface area contributed by atoms with Crippen molar-refractivity contribution in [3.63, 3.8) is 0 Å². The third-order valence-corrected chi connectivity index (χ3v) is 4.39. The van der Waals surface area contributed by atoms with Crippen molar-refractivity contribution in [3.05, 3.63) is 41.4 Å². The van der Waals surface area contributed by atoms with Gasteiger partial charge in [0.2, 0.25) is 0 Å². The Morgan fingerprint density at radius 3 is 2.61 bits per heavy atom. The Morgan fingerprint density at radius 1 is 1.22 bits per heavy atom. The van der Waals surface area contributed by atoms with Gasteiger partial charge in [-0.05, 0) is 43.5 Å². The quantitative estimate of drug-likeness (QED) is 0.389. The van der Waals surface area contributed by atoms with E-state index >= 15 is 0 Å². The van der Waals surface area contributed by atoms with Crippen LogP contribution in [-0.4, -0.2) is 17.0 Å². The van der Waals surface area contributed by atoms with Gasteiger partial charge in [0, 0.05) is 15.1 Å². The summed E-state index contributed by atoms with van der Waals surface area (Å²) < 4.78 is 1.09. The molecule has 0 amide bonds. The maximum atomic E-state index is 9.87. The van der Waals surface area contributed by atoms with Gasteiger partial charge in [0.05, 0.1) is 6.10 Å². The fraction of sp³-hybridized carbons (Fsp3) is 0.467. The lowest BCUT2D eigenvalue weighted by Crippen LogP contribution is -2.09. The largest absolute Gasteiger partial charge is 0.392 e. The highest BCUT2D eigenvalue weighted by Gasteiger charge is 2.04. The summed E-state index contributed by atoms with van der Waals surface area (Å²) in [6, 6.07) is 8.21. The number of aliphatic hydroxyl groups is 1. The highest BCUT2D eigenvalue weighted by atomic mass is 79.9. The van der Waals surface area contributed by atoms with Crippen LogP contribution in [0.2, 0.25) is 0 Å². The second kappa shape index (κ2) is 9.65. The maximum Gasteiger partial charge on any atom is 0.0634 e. The molecule has 0 heterocycles. The van der Waals surface area contributed by atoms with Crippen LogP contribution in [0.25, 0.3) is 0 Å². The minimum Gasteiger partial charge on any atom is -0.392 e. The van der Waals surface area contributed by atoms with Gasteiger partial charge in [-0.1, -0.05) is 34.8 Å². The third kappa shape index (κ3) is 7.24. The first kappa shape index (κ1) is 15.8. The molecule has 1 nitrogen and oxygen atoms in total. The second-order valence-corrected chi connectivity index (χ2v) is 6.35. The van der Waals surface area contributed by atoms with Crippen molar-refractivity contribution < 1.29 is 5.11 Å². The number of aliphatic hydroxyl groups excluding tert-OH is 1. The van der Waals surface area contributed by atoms with Crippen molar-refractivity contribution in [1.29, 1.82) is 0 Å². The fourth-order valence-electron chi connectivity index (χ4n) is 1.65. The summed E-state index contributed by atoms with van der Waals surface area (Å²) in [5.74, 6) is 0.781. The Labute approximate surface area is 123 Å². The van der Waals surface area contributed by atoms with E-state index in [9.17, 15) is 5.11 Å². The molecule has 0 fully saturated rings. The van der Waals surface area contributed by atoms with Gasteiger partial charge in [0.15, 0.2) is 0 Å². The highest BCUT2D eigenvalue weighted by molar-refractivity contribution is 9.10. The summed E-state index contributed by atoms with van der Waals surface area (Å²) in [5, 5.41) is 9.87. The average Bonchev–Trinajstić information content (AvgIpc) is 2.38. The summed E-state index contributed by atoms with van der Waals surface area (Å²) in [6.07, 6.45) is 7.24. The van der Waals surface area contributed by atoms with Crippen molar-refractivity contribution in [2.75, 3.05) is 5.75 Å². The summed E-state index contributed by atoms with van der Waals surface area (Å²) in [6.45, 7) is 3.71. The van der Waals surface area contributed by atoms with Gasteiger partial charge in [-0.15, -0.1) is 18.3 Å². The SMILES string of the molecule is C=CCCCCCC(O)CSc1ccc(Br)cc1.